The van der Waals surface area contributed by atoms with Crippen molar-refractivity contribution in [3.05, 3.63) is 46.9 Å². The molecule has 0 fully saturated rings. The minimum absolute atomic E-state index is 0.0309. The van der Waals surface area contributed by atoms with E-state index in [-0.39, 0.29) is 16.6 Å². The predicted molar refractivity (Wildman–Crippen MR) is 73.6 cm³/mol. The molecule has 1 aromatic heterocycles. The average molecular weight is 281 g/mol. The molecule has 0 spiro atoms. The SMILES string of the molecule is CC(Nc1c(Cl)cc(N)cc1C(=O)O)c1ccco1. The predicted octanol–water partition coefficient (Wildman–Crippen LogP) is 3.39. The number of halogens is 1. The molecule has 1 unspecified atom stereocenters. The van der Waals surface area contributed by atoms with Crippen molar-refractivity contribution in [1.82, 2.24) is 0 Å². The number of nitrogens with two attached hydrogens (primary N) is 1. The van der Waals surface area contributed by atoms with Crippen molar-refractivity contribution < 1.29 is 14.3 Å². The Balaban J connectivity index is 2.36. The van der Waals surface area contributed by atoms with E-state index in [0.29, 0.717) is 17.1 Å². The number of rotatable bonds is 4. The second kappa shape index (κ2) is 5.24. The molecule has 0 aliphatic carbocycles. The lowest BCUT2D eigenvalue weighted by atomic mass is 10.1. The van der Waals surface area contributed by atoms with Gasteiger partial charge in [0.1, 0.15) is 5.76 Å². The van der Waals surface area contributed by atoms with Gasteiger partial charge in [-0.2, -0.15) is 0 Å². The van der Waals surface area contributed by atoms with Crippen molar-refractivity contribution in [2.75, 3.05) is 11.1 Å². The highest BCUT2D eigenvalue weighted by Crippen LogP contribution is 2.32. The lowest BCUT2D eigenvalue weighted by molar-refractivity contribution is 0.0698. The Hall–Kier alpha value is -2.14. The van der Waals surface area contributed by atoms with Crippen LogP contribution in [0.25, 0.3) is 0 Å². The normalized spacial score (nSPS) is 12.1. The number of anilines is 2. The first-order chi connectivity index (χ1) is 8.99. The second-order valence-electron chi connectivity index (χ2n) is 4.11. The lowest BCUT2D eigenvalue weighted by Gasteiger charge is -2.17. The van der Waals surface area contributed by atoms with Crippen LogP contribution in [0.15, 0.2) is 34.9 Å². The molecule has 5 nitrogen and oxygen atoms in total. The summed E-state index contributed by atoms with van der Waals surface area (Å²) in [6, 6.07) is 6.21. The maximum absolute atomic E-state index is 11.2. The van der Waals surface area contributed by atoms with Gasteiger partial charge in [-0.25, -0.2) is 4.79 Å². The van der Waals surface area contributed by atoms with Crippen LogP contribution >= 0.6 is 11.6 Å². The Kier molecular flexibility index (Phi) is 3.66. The van der Waals surface area contributed by atoms with Crippen LogP contribution in [0.5, 0.6) is 0 Å². The molecular weight excluding hydrogens is 268 g/mol. The zero-order valence-electron chi connectivity index (χ0n) is 10.2. The van der Waals surface area contributed by atoms with Crippen molar-refractivity contribution in [3.63, 3.8) is 0 Å². The third-order valence-electron chi connectivity index (χ3n) is 2.67. The Morgan fingerprint density at radius 2 is 2.26 bits per heavy atom. The number of nitrogens with one attached hydrogen (secondary N) is 1. The number of aromatic carboxylic acids is 1. The molecular formula is C13H13ClN2O3. The zero-order chi connectivity index (χ0) is 14.0. The second-order valence-corrected chi connectivity index (χ2v) is 4.52. The van der Waals surface area contributed by atoms with E-state index in [1.807, 2.05) is 6.92 Å². The first kappa shape index (κ1) is 13.3. The molecule has 0 radical (unpaired) electrons. The number of furan rings is 1. The van der Waals surface area contributed by atoms with Gasteiger partial charge in [0.2, 0.25) is 0 Å². The van der Waals surface area contributed by atoms with E-state index in [1.165, 1.54) is 12.1 Å². The van der Waals surface area contributed by atoms with Crippen LogP contribution in [0.2, 0.25) is 5.02 Å². The van der Waals surface area contributed by atoms with Gasteiger partial charge >= 0.3 is 5.97 Å². The Bertz CT molecular complexity index is 596. The third-order valence-corrected chi connectivity index (χ3v) is 2.97. The quantitative estimate of drug-likeness (QED) is 0.747. The summed E-state index contributed by atoms with van der Waals surface area (Å²) in [6.07, 6.45) is 1.55. The first-order valence-electron chi connectivity index (χ1n) is 5.61. The third kappa shape index (κ3) is 2.82. The summed E-state index contributed by atoms with van der Waals surface area (Å²) in [6.45, 7) is 1.84. The molecule has 0 saturated carbocycles. The fourth-order valence-corrected chi connectivity index (χ4v) is 2.05. The Morgan fingerprint density at radius 1 is 1.53 bits per heavy atom. The maximum Gasteiger partial charge on any atom is 0.337 e. The van der Waals surface area contributed by atoms with E-state index >= 15 is 0 Å². The summed E-state index contributed by atoms with van der Waals surface area (Å²) in [5, 5.41) is 12.5. The fourth-order valence-electron chi connectivity index (χ4n) is 1.77. The highest BCUT2D eigenvalue weighted by molar-refractivity contribution is 6.34. The average Bonchev–Trinajstić information content (AvgIpc) is 2.85. The molecule has 100 valence electrons. The van der Waals surface area contributed by atoms with Gasteiger partial charge in [0, 0.05) is 5.69 Å². The van der Waals surface area contributed by atoms with Gasteiger partial charge in [-0.15, -0.1) is 0 Å². The molecule has 1 aromatic carbocycles. The van der Waals surface area contributed by atoms with Crippen LogP contribution in [0.1, 0.15) is 29.1 Å². The van der Waals surface area contributed by atoms with Crippen molar-refractivity contribution in [1.29, 1.82) is 0 Å². The maximum atomic E-state index is 11.2. The standard InChI is InChI=1S/C13H13ClN2O3/c1-7(11-3-2-4-19-11)16-12-9(13(17)18)5-8(15)6-10(12)14/h2-7,16H,15H2,1H3,(H,17,18). The number of hydrogen-bond donors (Lipinski definition) is 3. The minimum Gasteiger partial charge on any atom is -0.478 e. The van der Waals surface area contributed by atoms with Gasteiger partial charge in [0.15, 0.2) is 0 Å². The van der Waals surface area contributed by atoms with Crippen molar-refractivity contribution in [3.8, 4) is 0 Å². The molecule has 0 aliphatic rings. The molecule has 2 aromatic rings. The molecule has 4 N–H and O–H groups in total. The summed E-state index contributed by atoms with van der Waals surface area (Å²) in [5.74, 6) is -0.410. The van der Waals surface area contributed by atoms with Crippen LogP contribution in [0.4, 0.5) is 11.4 Å². The Labute approximate surface area is 115 Å². The molecule has 0 saturated heterocycles. The molecule has 0 amide bonds. The lowest BCUT2D eigenvalue weighted by Crippen LogP contribution is -2.11. The Morgan fingerprint density at radius 3 is 2.84 bits per heavy atom. The van der Waals surface area contributed by atoms with Gasteiger partial charge in [-0.1, -0.05) is 11.6 Å². The van der Waals surface area contributed by atoms with Crippen LogP contribution in [-0.2, 0) is 0 Å². The zero-order valence-corrected chi connectivity index (χ0v) is 10.9. The topological polar surface area (TPSA) is 88.5 Å². The summed E-state index contributed by atoms with van der Waals surface area (Å²) < 4.78 is 5.25. The number of benzene rings is 1. The summed E-state index contributed by atoms with van der Waals surface area (Å²) in [7, 11) is 0. The molecule has 1 heterocycles. The van der Waals surface area contributed by atoms with E-state index in [1.54, 1.807) is 18.4 Å². The van der Waals surface area contributed by atoms with E-state index in [2.05, 4.69) is 5.32 Å². The summed E-state index contributed by atoms with van der Waals surface area (Å²) in [5.41, 5.74) is 6.26. The first-order valence-corrected chi connectivity index (χ1v) is 5.99. The van der Waals surface area contributed by atoms with Gasteiger partial charge in [0.25, 0.3) is 0 Å². The van der Waals surface area contributed by atoms with Gasteiger partial charge in [-0.3, -0.25) is 0 Å². The van der Waals surface area contributed by atoms with Crippen LogP contribution in [-0.4, -0.2) is 11.1 Å². The number of hydrogen-bond acceptors (Lipinski definition) is 4. The van der Waals surface area contributed by atoms with E-state index < -0.39 is 5.97 Å². The van der Waals surface area contributed by atoms with Crippen molar-refractivity contribution in [2.24, 2.45) is 0 Å². The smallest absolute Gasteiger partial charge is 0.337 e. The number of carboxylic acid groups (broad SMARTS) is 1. The number of carbonyl (C=O) groups is 1. The largest absolute Gasteiger partial charge is 0.478 e. The highest BCUT2D eigenvalue weighted by atomic mass is 35.5. The molecule has 0 aliphatic heterocycles. The van der Waals surface area contributed by atoms with Crippen molar-refractivity contribution in [2.45, 2.75) is 13.0 Å². The summed E-state index contributed by atoms with van der Waals surface area (Å²) in [4.78, 5) is 11.2. The van der Waals surface area contributed by atoms with Gasteiger partial charge < -0.3 is 20.6 Å². The molecule has 0 bridgehead atoms. The molecule has 6 heteroatoms. The van der Waals surface area contributed by atoms with E-state index in [0.717, 1.165) is 0 Å². The van der Waals surface area contributed by atoms with Gasteiger partial charge in [-0.05, 0) is 31.2 Å². The summed E-state index contributed by atoms with van der Waals surface area (Å²) >= 11 is 6.05. The number of carboxylic acids is 1. The molecule has 2 rings (SSSR count). The van der Waals surface area contributed by atoms with Crippen LogP contribution in [0, 0.1) is 0 Å². The molecule has 1 atom stereocenters. The fraction of sp³-hybridized carbons (Fsp3) is 0.154. The van der Waals surface area contributed by atoms with Crippen LogP contribution < -0.4 is 11.1 Å². The monoisotopic (exact) mass is 280 g/mol. The number of nitrogen functional groups attached to an aromatic ring is 1. The van der Waals surface area contributed by atoms with Crippen LogP contribution in [0.3, 0.4) is 0 Å². The van der Waals surface area contributed by atoms with Crippen molar-refractivity contribution >= 4 is 28.9 Å². The molecule has 19 heavy (non-hydrogen) atoms. The van der Waals surface area contributed by atoms with E-state index in [4.69, 9.17) is 21.8 Å². The highest BCUT2D eigenvalue weighted by Gasteiger charge is 2.18. The minimum atomic E-state index is -1.09. The van der Waals surface area contributed by atoms with Gasteiger partial charge in [0.05, 0.1) is 28.6 Å². The van der Waals surface area contributed by atoms with E-state index in [9.17, 15) is 9.90 Å².